The number of rotatable bonds is 2. The van der Waals surface area contributed by atoms with Crippen LogP contribution in [0.15, 0.2) is 42.5 Å². The van der Waals surface area contributed by atoms with Gasteiger partial charge in [-0.05, 0) is 25.3 Å². The molecule has 1 aliphatic carbocycles. The molecule has 5 heteroatoms. The number of hydrogen-bond donors (Lipinski definition) is 1. The lowest BCUT2D eigenvalue weighted by Crippen LogP contribution is -2.40. The van der Waals surface area contributed by atoms with Crippen molar-refractivity contribution in [2.75, 3.05) is 5.73 Å². The average Bonchev–Trinajstić information content (AvgIpc) is 2.96. The Hall–Kier alpha value is -3.39. The number of benzene rings is 2. The Balaban J connectivity index is 1.73. The topological polar surface area (TPSA) is 83.0 Å². The summed E-state index contributed by atoms with van der Waals surface area (Å²) in [5.74, 6) is 0.00410. The number of aromatic nitrogens is 1. The minimum Gasteiger partial charge on any atom is -0.397 e. The predicted molar refractivity (Wildman–Crippen MR) is 104 cm³/mol. The number of carbonyl (C=O) groups excluding carboxylic acids is 1. The number of amides is 1. The molecule has 5 nitrogen and oxygen atoms in total. The minimum atomic E-state index is 0.00410. The van der Waals surface area contributed by atoms with Crippen molar-refractivity contribution in [2.45, 2.75) is 31.8 Å². The standard InChI is InChI=1S/C22H18N4O/c23-11-13-5-1-2-8-15(13)16-9-4-10-17-20(24)19-18(25-21(16)17)12-26(22(19)27)14-6-3-7-14/h1-2,4-5,8-10,14H,3,6-7,12H2,(H2,24,25). The average molecular weight is 354 g/mol. The zero-order valence-electron chi connectivity index (χ0n) is 14.8. The van der Waals surface area contributed by atoms with Gasteiger partial charge >= 0.3 is 0 Å². The van der Waals surface area contributed by atoms with Gasteiger partial charge in [-0.15, -0.1) is 0 Å². The third-order valence-corrected chi connectivity index (χ3v) is 5.78. The van der Waals surface area contributed by atoms with Gasteiger partial charge in [0.2, 0.25) is 0 Å². The van der Waals surface area contributed by atoms with E-state index in [0.29, 0.717) is 29.4 Å². The summed E-state index contributed by atoms with van der Waals surface area (Å²) in [7, 11) is 0. The number of fused-ring (bicyclic) bond motifs is 2. The summed E-state index contributed by atoms with van der Waals surface area (Å²) < 4.78 is 0. The number of para-hydroxylation sites is 1. The molecule has 0 bridgehead atoms. The summed E-state index contributed by atoms with van der Waals surface area (Å²) >= 11 is 0. The number of pyridine rings is 1. The van der Waals surface area contributed by atoms with Crippen LogP contribution in [-0.2, 0) is 6.54 Å². The van der Waals surface area contributed by atoms with Gasteiger partial charge in [0, 0.05) is 22.6 Å². The molecular weight excluding hydrogens is 336 g/mol. The molecule has 2 N–H and O–H groups in total. The van der Waals surface area contributed by atoms with E-state index in [9.17, 15) is 10.1 Å². The van der Waals surface area contributed by atoms with E-state index in [-0.39, 0.29) is 5.91 Å². The first kappa shape index (κ1) is 15.8. The number of nitrogens with two attached hydrogens (primary N) is 1. The summed E-state index contributed by atoms with van der Waals surface area (Å²) in [6.07, 6.45) is 3.28. The summed E-state index contributed by atoms with van der Waals surface area (Å²) in [6.45, 7) is 0.521. The largest absolute Gasteiger partial charge is 0.397 e. The van der Waals surface area contributed by atoms with Crippen molar-refractivity contribution in [3.05, 3.63) is 59.3 Å². The number of nitrogen functional groups attached to an aromatic ring is 1. The van der Waals surface area contributed by atoms with Gasteiger partial charge < -0.3 is 10.6 Å². The van der Waals surface area contributed by atoms with Gasteiger partial charge in [0.15, 0.2) is 0 Å². The van der Waals surface area contributed by atoms with Crippen molar-refractivity contribution in [1.82, 2.24) is 9.88 Å². The molecule has 0 radical (unpaired) electrons. The normalized spacial score (nSPS) is 16.3. The summed E-state index contributed by atoms with van der Waals surface area (Å²) in [4.78, 5) is 19.7. The molecule has 0 unspecified atom stereocenters. The van der Waals surface area contributed by atoms with Crippen LogP contribution in [0.3, 0.4) is 0 Å². The van der Waals surface area contributed by atoms with Crippen molar-refractivity contribution in [2.24, 2.45) is 0 Å². The number of nitrogens with zero attached hydrogens (tertiary/aromatic N) is 3. The Bertz CT molecular complexity index is 1140. The van der Waals surface area contributed by atoms with Crippen molar-refractivity contribution in [3.8, 4) is 17.2 Å². The molecule has 5 rings (SSSR count). The smallest absolute Gasteiger partial charge is 0.258 e. The summed E-state index contributed by atoms with van der Waals surface area (Å²) in [5, 5.41) is 10.2. The fraction of sp³-hybridized carbons (Fsp3) is 0.227. The van der Waals surface area contributed by atoms with Gasteiger partial charge in [-0.3, -0.25) is 4.79 Å². The van der Waals surface area contributed by atoms with E-state index >= 15 is 0 Å². The molecule has 0 atom stereocenters. The minimum absolute atomic E-state index is 0.00410. The molecule has 3 aromatic rings. The van der Waals surface area contributed by atoms with E-state index < -0.39 is 0 Å². The number of anilines is 1. The van der Waals surface area contributed by atoms with Gasteiger partial charge in [0.05, 0.1) is 40.6 Å². The number of nitriles is 1. The van der Waals surface area contributed by atoms with Gasteiger partial charge in [0.25, 0.3) is 5.91 Å². The lowest BCUT2D eigenvalue weighted by molar-refractivity contribution is 0.0606. The third kappa shape index (κ3) is 2.23. The lowest BCUT2D eigenvalue weighted by atomic mass is 9.92. The maximum absolute atomic E-state index is 12.9. The molecule has 132 valence electrons. The summed E-state index contributed by atoms with van der Waals surface area (Å²) in [6, 6.07) is 15.8. The Morgan fingerprint density at radius 2 is 1.89 bits per heavy atom. The Morgan fingerprint density at radius 3 is 2.63 bits per heavy atom. The zero-order chi connectivity index (χ0) is 18.5. The van der Waals surface area contributed by atoms with E-state index in [0.717, 1.165) is 40.6 Å². The van der Waals surface area contributed by atoms with Crippen LogP contribution in [-0.4, -0.2) is 21.8 Å². The van der Waals surface area contributed by atoms with Gasteiger partial charge in [-0.1, -0.05) is 36.4 Å². The van der Waals surface area contributed by atoms with Crippen LogP contribution in [0, 0.1) is 11.3 Å². The lowest BCUT2D eigenvalue weighted by Gasteiger charge is -2.34. The van der Waals surface area contributed by atoms with Gasteiger partial charge in [0.1, 0.15) is 0 Å². The van der Waals surface area contributed by atoms with Crippen LogP contribution in [0.5, 0.6) is 0 Å². The Labute approximate surface area is 157 Å². The SMILES string of the molecule is N#Cc1ccccc1-c1cccc2c(N)c3c(nc12)CN(C1CCC1)C3=O. The van der Waals surface area contributed by atoms with Crippen LogP contribution in [0.25, 0.3) is 22.0 Å². The molecule has 1 aliphatic heterocycles. The molecule has 2 aromatic carbocycles. The molecular formula is C22H18N4O. The van der Waals surface area contributed by atoms with Crippen molar-refractivity contribution in [1.29, 1.82) is 5.26 Å². The molecule has 27 heavy (non-hydrogen) atoms. The Kier molecular flexibility index (Phi) is 3.41. The molecule has 1 aromatic heterocycles. The molecule has 2 aliphatic rings. The maximum Gasteiger partial charge on any atom is 0.258 e. The highest BCUT2D eigenvalue weighted by Gasteiger charge is 2.38. The van der Waals surface area contributed by atoms with Gasteiger partial charge in [-0.2, -0.15) is 5.26 Å². The molecule has 2 heterocycles. The van der Waals surface area contributed by atoms with Gasteiger partial charge in [-0.25, -0.2) is 4.98 Å². The number of hydrogen-bond acceptors (Lipinski definition) is 4. The van der Waals surface area contributed by atoms with Crippen LogP contribution in [0.2, 0.25) is 0 Å². The third-order valence-electron chi connectivity index (χ3n) is 5.78. The van der Waals surface area contributed by atoms with E-state index in [1.807, 2.05) is 41.3 Å². The second-order valence-electron chi connectivity index (χ2n) is 7.22. The molecule has 1 amide bonds. The van der Waals surface area contributed by atoms with Crippen molar-refractivity contribution >= 4 is 22.5 Å². The molecule has 0 saturated heterocycles. The van der Waals surface area contributed by atoms with Crippen LogP contribution in [0.1, 0.15) is 40.9 Å². The molecule has 1 fully saturated rings. The fourth-order valence-electron chi connectivity index (χ4n) is 4.12. The first-order valence-electron chi connectivity index (χ1n) is 9.20. The first-order chi connectivity index (χ1) is 13.2. The van der Waals surface area contributed by atoms with E-state index in [2.05, 4.69) is 6.07 Å². The van der Waals surface area contributed by atoms with Crippen LogP contribution in [0.4, 0.5) is 5.69 Å². The highest BCUT2D eigenvalue weighted by atomic mass is 16.2. The second kappa shape index (κ2) is 5.82. The fourth-order valence-corrected chi connectivity index (χ4v) is 4.12. The van der Waals surface area contributed by atoms with Crippen LogP contribution >= 0.6 is 0 Å². The highest BCUT2D eigenvalue weighted by Crippen LogP contribution is 2.39. The van der Waals surface area contributed by atoms with Crippen molar-refractivity contribution in [3.63, 3.8) is 0 Å². The second-order valence-corrected chi connectivity index (χ2v) is 7.22. The number of carbonyl (C=O) groups is 1. The van der Waals surface area contributed by atoms with Crippen molar-refractivity contribution < 1.29 is 4.79 Å². The van der Waals surface area contributed by atoms with E-state index in [1.54, 1.807) is 6.07 Å². The van der Waals surface area contributed by atoms with E-state index in [4.69, 9.17) is 10.7 Å². The van der Waals surface area contributed by atoms with E-state index in [1.165, 1.54) is 6.42 Å². The molecule has 1 saturated carbocycles. The maximum atomic E-state index is 12.9. The quantitative estimate of drug-likeness (QED) is 0.757. The highest BCUT2D eigenvalue weighted by molar-refractivity contribution is 6.11. The molecule has 0 spiro atoms. The zero-order valence-corrected chi connectivity index (χ0v) is 14.8. The van der Waals surface area contributed by atoms with Crippen LogP contribution < -0.4 is 5.73 Å². The monoisotopic (exact) mass is 354 g/mol. The Morgan fingerprint density at radius 1 is 1.11 bits per heavy atom. The summed E-state index contributed by atoms with van der Waals surface area (Å²) in [5.41, 5.74) is 11.3. The first-order valence-corrected chi connectivity index (χ1v) is 9.20. The predicted octanol–water partition coefficient (Wildman–Crippen LogP) is 3.86.